The normalized spacial score (nSPS) is 10.4. The van der Waals surface area contributed by atoms with E-state index in [0.717, 1.165) is 20.3 Å². The molecule has 19 heavy (non-hydrogen) atoms. The lowest BCUT2D eigenvalue weighted by molar-refractivity contribution is -0.127. The first-order valence-electron chi connectivity index (χ1n) is 5.97. The van der Waals surface area contributed by atoms with Crippen LogP contribution in [0.25, 0.3) is 0 Å². The van der Waals surface area contributed by atoms with Gasteiger partial charge in [0.1, 0.15) is 5.75 Å². The molecule has 0 saturated carbocycles. The van der Waals surface area contributed by atoms with E-state index in [1.807, 2.05) is 19.1 Å². The van der Waals surface area contributed by atoms with E-state index < -0.39 is 0 Å². The second-order valence-corrected chi connectivity index (χ2v) is 5.92. The monoisotopic (exact) mass is 392 g/mol. The van der Waals surface area contributed by atoms with Crippen molar-refractivity contribution in [2.45, 2.75) is 13.5 Å². The van der Waals surface area contributed by atoms with Gasteiger partial charge in [-0.2, -0.15) is 0 Å². The number of hydrogen-bond donors (Lipinski definition) is 1. The van der Waals surface area contributed by atoms with Crippen LogP contribution >= 0.6 is 31.9 Å². The predicted octanol–water partition coefficient (Wildman–Crippen LogP) is 2.79. The van der Waals surface area contributed by atoms with Crippen molar-refractivity contribution in [3.63, 3.8) is 0 Å². The van der Waals surface area contributed by atoms with E-state index in [2.05, 4.69) is 37.2 Å². The van der Waals surface area contributed by atoms with Crippen molar-refractivity contribution in [1.29, 1.82) is 0 Å². The maximum Gasteiger partial charge on any atom is 0.236 e. The molecule has 1 aromatic rings. The molecule has 4 nitrogen and oxygen atoms in total. The topological polar surface area (TPSA) is 41.6 Å². The largest absolute Gasteiger partial charge is 0.492 e. The number of likely N-dealkylation sites (N-methyl/N-ethyl adjacent to an activating group) is 1. The smallest absolute Gasteiger partial charge is 0.236 e. The molecule has 0 aromatic heterocycles. The molecule has 0 aliphatic rings. The molecule has 0 spiro atoms. The first kappa shape index (κ1) is 16.5. The summed E-state index contributed by atoms with van der Waals surface area (Å²) >= 11 is 6.97. The number of nitrogens with one attached hydrogen (secondary N) is 1. The third-order valence-corrected chi connectivity index (χ3v) is 3.63. The van der Waals surface area contributed by atoms with Gasteiger partial charge in [0.25, 0.3) is 0 Å². The highest BCUT2D eigenvalue weighted by Gasteiger charge is 2.09. The third kappa shape index (κ3) is 5.12. The Hall–Kier alpha value is -0.590. The lowest BCUT2D eigenvalue weighted by Crippen LogP contribution is -2.32. The van der Waals surface area contributed by atoms with Crippen molar-refractivity contribution in [1.82, 2.24) is 10.2 Å². The van der Waals surface area contributed by atoms with Gasteiger partial charge < -0.3 is 15.0 Å². The van der Waals surface area contributed by atoms with Crippen LogP contribution < -0.4 is 10.1 Å². The molecular formula is C13H18Br2N2O2. The quantitative estimate of drug-likeness (QED) is 0.807. The summed E-state index contributed by atoms with van der Waals surface area (Å²) in [6, 6.07) is 3.98. The fraction of sp³-hybridized carbons (Fsp3) is 0.462. The van der Waals surface area contributed by atoms with E-state index >= 15 is 0 Å². The Bertz CT molecular complexity index is 427. The second-order valence-electron chi connectivity index (χ2n) is 4.21. The van der Waals surface area contributed by atoms with Crippen LogP contribution in [0.5, 0.6) is 5.75 Å². The van der Waals surface area contributed by atoms with Gasteiger partial charge in [0, 0.05) is 20.6 Å². The predicted molar refractivity (Wildman–Crippen MR) is 83.4 cm³/mol. The molecular weight excluding hydrogens is 376 g/mol. The molecule has 0 saturated heterocycles. The second kappa shape index (κ2) is 7.87. The van der Waals surface area contributed by atoms with E-state index in [1.54, 1.807) is 19.0 Å². The molecule has 0 fully saturated rings. The number of halogens is 2. The Morgan fingerprint density at radius 3 is 2.37 bits per heavy atom. The molecule has 1 N–H and O–H groups in total. The summed E-state index contributed by atoms with van der Waals surface area (Å²) in [5, 5.41) is 3.12. The molecule has 1 aromatic carbocycles. The molecule has 0 unspecified atom stereocenters. The number of benzene rings is 1. The molecule has 0 aliphatic carbocycles. The van der Waals surface area contributed by atoms with Crippen LogP contribution in [0.15, 0.2) is 21.1 Å². The molecule has 106 valence electrons. The van der Waals surface area contributed by atoms with Crippen LogP contribution in [0.1, 0.15) is 12.5 Å². The minimum absolute atomic E-state index is 0.0593. The van der Waals surface area contributed by atoms with Crippen LogP contribution in [-0.4, -0.2) is 38.1 Å². The van der Waals surface area contributed by atoms with Crippen LogP contribution in [0.3, 0.4) is 0 Å². The number of carbonyl (C=O) groups is 1. The highest BCUT2D eigenvalue weighted by molar-refractivity contribution is 9.11. The van der Waals surface area contributed by atoms with Gasteiger partial charge in [-0.3, -0.25) is 4.79 Å². The maximum absolute atomic E-state index is 11.4. The van der Waals surface area contributed by atoms with Crippen molar-refractivity contribution < 1.29 is 9.53 Å². The van der Waals surface area contributed by atoms with Crippen molar-refractivity contribution >= 4 is 37.8 Å². The fourth-order valence-electron chi connectivity index (χ4n) is 1.47. The standard InChI is InChI=1S/C13H18Br2N2O2/c1-4-19-13-10(14)5-9(6-11(13)15)7-16-8-12(18)17(2)3/h5-6,16H,4,7-8H2,1-3H3. The lowest BCUT2D eigenvalue weighted by Gasteiger charge is -2.13. The van der Waals surface area contributed by atoms with E-state index in [4.69, 9.17) is 4.74 Å². The number of carbonyl (C=O) groups excluding carboxylic acids is 1. The molecule has 0 heterocycles. The summed E-state index contributed by atoms with van der Waals surface area (Å²) in [5.41, 5.74) is 1.08. The number of rotatable bonds is 6. The lowest BCUT2D eigenvalue weighted by atomic mass is 10.2. The molecule has 6 heteroatoms. The average molecular weight is 394 g/mol. The summed E-state index contributed by atoms with van der Waals surface area (Å²) in [5.74, 6) is 0.861. The Balaban J connectivity index is 2.63. The Morgan fingerprint density at radius 2 is 1.89 bits per heavy atom. The molecule has 0 atom stereocenters. The zero-order valence-corrected chi connectivity index (χ0v) is 14.5. The first-order valence-corrected chi connectivity index (χ1v) is 7.55. The van der Waals surface area contributed by atoms with Gasteiger partial charge in [0.05, 0.1) is 22.1 Å². The van der Waals surface area contributed by atoms with E-state index in [1.165, 1.54) is 0 Å². The third-order valence-electron chi connectivity index (χ3n) is 2.45. The summed E-state index contributed by atoms with van der Waals surface area (Å²) in [4.78, 5) is 13.0. The number of nitrogens with zero attached hydrogens (tertiary/aromatic N) is 1. The number of hydrogen-bond acceptors (Lipinski definition) is 3. The van der Waals surface area contributed by atoms with Crippen LogP contribution in [0.2, 0.25) is 0 Å². The van der Waals surface area contributed by atoms with Gasteiger partial charge in [-0.05, 0) is 56.5 Å². The van der Waals surface area contributed by atoms with Crippen LogP contribution in [-0.2, 0) is 11.3 Å². The highest BCUT2D eigenvalue weighted by Crippen LogP contribution is 2.34. The zero-order valence-electron chi connectivity index (χ0n) is 11.3. The van der Waals surface area contributed by atoms with Crippen LogP contribution in [0.4, 0.5) is 0 Å². The average Bonchev–Trinajstić information content (AvgIpc) is 2.33. The Labute approximate surface area is 130 Å². The van der Waals surface area contributed by atoms with Crippen molar-refractivity contribution in [3.8, 4) is 5.75 Å². The summed E-state index contributed by atoms with van der Waals surface area (Å²) in [6.45, 7) is 3.52. The van der Waals surface area contributed by atoms with E-state index in [-0.39, 0.29) is 5.91 Å². The van der Waals surface area contributed by atoms with Gasteiger partial charge in [-0.15, -0.1) is 0 Å². The summed E-state index contributed by atoms with van der Waals surface area (Å²) in [7, 11) is 3.49. The maximum atomic E-state index is 11.4. The number of ether oxygens (including phenoxy) is 1. The minimum atomic E-state index is 0.0593. The first-order chi connectivity index (χ1) is 8.95. The zero-order chi connectivity index (χ0) is 14.4. The Morgan fingerprint density at radius 1 is 1.32 bits per heavy atom. The van der Waals surface area contributed by atoms with Gasteiger partial charge in [-0.25, -0.2) is 0 Å². The molecule has 1 rings (SSSR count). The number of amides is 1. The van der Waals surface area contributed by atoms with Crippen molar-refractivity contribution in [2.75, 3.05) is 27.2 Å². The van der Waals surface area contributed by atoms with Crippen molar-refractivity contribution in [3.05, 3.63) is 26.6 Å². The molecule has 0 bridgehead atoms. The van der Waals surface area contributed by atoms with E-state index in [9.17, 15) is 4.79 Å². The molecule has 1 amide bonds. The van der Waals surface area contributed by atoms with Gasteiger partial charge >= 0.3 is 0 Å². The van der Waals surface area contributed by atoms with Gasteiger partial charge in [0.2, 0.25) is 5.91 Å². The van der Waals surface area contributed by atoms with Crippen molar-refractivity contribution in [2.24, 2.45) is 0 Å². The van der Waals surface area contributed by atoms with E-state index in [0.29, 0.717) is 19.7 Å². The summed E-state index contributed by atoms with van der Waals surface area (Å²) < 4.78 is 7.33. The SMILES string of the molecule is CCOc1c(Br)cc(CNCC(=O)N(C)C)cc1Br. The van der Waals surface area contributed by atoms with Gasteiger partial charge in [-0.1, -0.05) is 0 Å². The minimum Gasteiger partial charge on any atom is -0.492 e. The summed E-state index contributed by atoms with van der Waals surface area (Å²) in [6.07, 6.45) is 0. The van der Waals surface area contributed by atoms with Gasteiger partial charge in [0.15, 0.2) is 0 Å². The highest BCUT2D eigenvalue weighted by atomic mass is 79.9. The fourth-order valence-corrected chi connectivity index (χ4v) is 2.98. The molecule has 0 radical (unpaired) electrons. The Kier molecular flexibility index (Phi) is 6.82. The van der Waals surface area contributed by atoms with Crippen LogP contribution in [0, 0.1) is 0 Å². The molecule has 0 aliphatic heterocycles.